The first-order valence-corrected chi connectivity index (χ1v) is 9.23. The smallest absolute Gasteiger partial charge is 0.0348 e. The van der Waals surface area contributed by atoms with Gasteiger partial charge in [-0.05, 0) is 61.3 Å². The van der Waals surface area contributed by atoms with Crippen LogP contribution in [0, 0.1) is 5.92 Å². The van der Waals surface area contributed by atoms with Crippen molar-refractivity contribution >= 4 is 0 Å². The number of nitrogens with one attached hydrogen (secondary N) is 1. The van der Waals surface area contributed by atoms with Gasteiger partial charge in [0.25, 0.3) is 0 Å². The van der Waals surface area contributed by atoms with Crippen LogP contribution in [0.5, 0.6) is 0 Å². The third kappa shape index (κ3) is 3.69. The van der Waals surface area contributed by atoms with Crippen LogP contribution in [-0.2, 0) is 12.8 Å². The van der Waals surface area contributed by atoms with Crippen molar-refractivity contribution in [2.24, 2.45) is 5.92 Å². The van der Waals surface area contributed by atoms with E-state index in [9.17, 15) is 0 Å². The zero-order valence-electron chi connectivity index (χ0n) is 13.7. The van der Waals surface area contributed by atoms with Crippen LogP contribution in [0.1, 0.15) is 81.0 Å². The summed E-state index contributed by atoms with van der Waals surface area (Å²) in [5, 5.41) is 3.81. The zero-order chi connectivity index (χ0) is 14.5. The molecule has 1 fully saturated rings. The van der Waals surface area contributed by atoms with Crippen LogP contribution in [0.15, 0.2) is 18.2 Å². The topological polar surface area (TPSA) is 12.0 Å². The molecule has 0 bridgehead atoms. The lowest BCUT2D eigenvalue weighted by molar-refractivity contribution is 0.291. The molecule has 3 rings (SSSR count). The molecule has 21 heavy (non-hydrogen) atoms. The Morgan fingerprint density at radius 3 is 2.43 bits per heavy atom. The molecule has 1 aromatic rings. The van der Waals surface area contributed by atoms with Crippen LogP contribution in [-0.4, -0.2) is 6.54 Å². The standard InChI is InChI=1S/C20H31N/c1-2-21-20(17-9-6-4-3-5-7-10-17)19-14-13-16-11-8-12-18(16)15-19/h13-15,17,20-21H,2-12H2,1H3. The van der Waals surface area contributed by atoms with E-state index in [1.807, 2.05) is 0 Å². The highest BCUT2D eigenvalue weighted by Crippen LogP contribution is 2.34. The van der Waals surface area contributed by atoms with Gasteiger partial charge in [0.05, 0.1) is 0 Å². The molecule has 1 N–H and O–H groups in total. The Morgan fingerprint density at radius 2 is 1.67 bits per heavy atom. The Kier molecular flexibility index (Phi) is 5.35. The highest BCUT2D eigenvalue weighted by molar-refractivity contribution is 5.36. The molecule has 116 valence electrons. The van der Waals surface area contributed by atoms with Gasteiger partial charge >= 0.3 is 0 Å². The molecule has 1 aromatic carbocycles. The fraction of sp³-hybridized carbons (Fsp3) is 0.700. The Morgan fingerprint density at radius 1 is 0.952 bits per heavy atom. The van der Waals surface area contributed by atoms with Crippen molar-refractivity contribution in [2.75, 3.05) is 6.54 Å². The zero-order valence-corrected chi connectivity index (χ0v) is 13.7. The van der Waals surface area contributed by atoms with Gasteiger partial charge in [0.15, 0.2) is 0 Å². The summed E-state index contributed by atoms with van der Waals surface area (Å²) in [6, 6.07) is 7.93. The van der Waals surface area contributed by atoms with E-state index in [-0.39, 0.29) is 0 Å². The fourth-order valence-corrected chi connectivity index (χ4v) is 4.38. The highest BCUT2D eigenvalue weighted by Gasteiger charge is 2.24. The minimum atomic E-state index is 0.582. The maximum Gasteiger partial charge on any atom is 0.0348 e. The van der Waals surface area contributed by atoms with Crippen molar-refractivity contribution in [1.82, 2.24) is 5.32 Å². The minimum Gasteiger partial charge on any atom is -0.310 e. The van der Waals surface area contributed by atoms with Crippen LogP contribution >= 0.6 is 0 Å². The van der Waals surface area contributed by atoms with Gasteiger partial charge in [0.2, 0.25) is 0 Å². The lowest BCUT2D eigenvalue weighted by Crippen LogP contribution is -2.29. The van der Waals surface area contributed by atoms with Gasteiger partial charge in [-0.2, -0.15) is 0 Å². The average Bonchev–Trinajstić information content (AvgIpc) is 2.92. The Hall–Kier alpha value is -0.820. The molecule has 1 nitrogen and oxygen atoms in total. The Bertz CT molecular complexity index is 443. The summed E-state index contributed by atoms with van der Waals surface area (Å²) in [5.74, 6) is 0.838. The van der Waals surface area contributed by atoms with Crippen molar-refractivity contribution in [3.63, 3.8) is 0 Å². The second-order valence-corrected chi connectivity index (χ2v) is 7.02. The molecule has 0 aromatic heterocycles. The number of fused-ring (bicyclic) bond motifs is 1. The summed E-state index contributed by atoms with van der Waals surface area (Å²) in [5.41, 5.74) is 4.79. The van der Waals surface area contributed by atoms with Gasteiger partial charge in [0.1, 0.15) is 0 Å². The number of rotatable bonds is 4. The van der Waals surface area contributed by atoms with Crippen LogP contribution in [0.3, 0.4) is 0 Å². The number of benzene rings is 1. The number of hydrogen-bond donors (Lipinski definition) is 1. The molecule has 0 saturated heterocycles. The largest absolute Gasteiger partial charge is 0.310 e. The van der Waals surface area contributed by atoms with Crippen molar-refractivity contribution < 1.29 is 0 Å². The molecule has 2 aliphatic carbocycles. The Balaban J connectivity index is 1.79. The summed E-state index contributed by atoms with van der Waals surface area (Å²) in [6.45, 7) is 3.33. The molecule has 0 aliphatic heterocycles. The normalized spacial score (nSPS) is 21.6. The van der Waals surface area contributed by atoms with E-state index in [1.165, 1.54) is 64.2 Å². The fourth-order valence-electron chi connectivity index (χ4n) is 4.38. The van der Waals surface area contributed by atoms with Gasteiger partial charge in [-0.25, -0.2) is 0 Å². The van der Waals surface area contributed by atoms with E-state index >= 15 is 0 Å². The molecule has 0 radical (unpaired) electrons. The minimum absolute atomic E-state index is 0.582. The van der Waals surface area contributed by atoms with Gasteiger partial charge in [-0.3, -0.25) is 0 Å². The van der Waals surface area contributed by atoms with Gasteiger partial charge < -0.3 is 5.32 Å². The molecular weight excluding hydrogens is 254 g/mol. The van der Waals surface area contributed by atoms with Crippen LogP contribution < -0.4 is 5.32 Å². The summed E-state index contributed by atoms with van der Waals surface area (Å²) >= 11 is 0. The predicted octanol–water partition coefficient (Wildman–Crippen LogP) is 5.19. The molecule has 1 atom stereocenters. The summed E-state index contributed by atoms with van der Waals surface area (Å²) in [6.07, 6.45) is 14.0. The first-order chi connectivity index (χ1) is 10.4. The molecule has 0 heterocycles. The Labute approximate surface area is 130 Å². The third-order valence-electron chi connectivity index (χ3n) is 5.53. The van der Waals surface area contributed by atoms with Gasteiger partial charge in [-0.15, -0.1) is 0 Å². The lowest BCUT2D eigenvalue weighted by atomic mass is 9.82. The van der Waals surface area contributed by atoms with E-state index in [1.54, 1.807) is 16.7 Å². The highest BCUT2D eigenvalue weighted by atomic mass is 14.9. The van der Waals surface area contributed by atoms with Crippen molar-refractivity contribution in [1.29, 1.82) is 0 Å². The summed E-state index contributed by atoms with van der Waals surface area (Å²) < 4.78 is 0. The van der Waals surface area contributed by atoms with E-state index in [0.717, 1.165) is 12.5 Å². The summed E-state index contributed by atoms with van der Waals surface area (Å²) in [4.78, 5) is 0. The van der Waals surface area contributed by atoms with Crippen molar-refractivity contribution in [3.05, 3.63) is 34.9 Å². The molecule has 1 unspecified atom stereocenters. The van der Waals surface area contributed by atoms with Crippen molar-refractivity contribution in [2.45, 2.75) is 77.2 Å². The van der Waals surface area contributed by atoms with E-state index < -0.39 is 0 Å². The maximum absolute atomic E-state index is 3.81. The first-order valence-electron chi connectivity index (χ1n) is 9.23. The second-order valence-electron chi connectivity index (χ2n) is 7.02. The first kappa shape index (κ1) is 15.1. The van der Waals surface area contributed by atoms with Gasteiger partial charge in [-0.1, -0.05) is 57.2 Å². The molecule has 1 saturated carbocycles. The van der Waals surface area contributed by atoms with E-state index in [2.05, 4.69) is 30.4 Å². The molecule has 0 amide bonds. The molecule has 1 heteroatoms. The SMILES string of the molecule is CCNC(c1ccc2c(c1)CCC2)C1CCCCCCC1. The van der Waals surface area contributed by atoms with Crippen LogP contribution in [0.2, 0.25) is 0 Å². The third-order valence-corrected chi connectivity index (χ3v) is 5.53. The number of aryl methyl sites for hydroxylation is 2. The predicted molar refractivity (Wildman–Crippen MR) is 90.7 cm³/mol. The second kappa shape index (κ2) is 7.45. The molecule has 2 aliphatic rings. The monoisotopic (exact) mass is 285 g/mol. The van der Waals surface area contributed by atoms with Crippen molar-refractivity contribution in [3.8, 4) is 0 Å². The lowest BCUT2D eigenvalue weighted by Gasteiger charge is -2.30. The molecular formula is C20H31N. The molecule has 0 spiro atoms. The quantitative estimate of drug-likeness (QED) is 0.803. The maximum atomic E-state index is 3.81. The van der Waals surface area contributed by atoms with Crippen LogP contribution in [0.25, 0.3) is 0 Å². The summed E-state index contributed by atoms with van der Waals surface area (Å²) in [7, 11) is 0. The van der Waals surface area contributed by atoms with Crippen LogP contribution in [0.4, 0.5) is 0 Å². The average molecular weight is 285 g/mol. The van der Waals surface area contributed by atoms with Gasteiger partial charge in [0, 0.05) is 6.04 Å². The van der Waals surface area contributed by atoms with E-state index in [4.69, 9.17) is 0 Å². The number of hydrogen-bond acceptors (Lipinski definition) is 1. The van der Waals surface area contributed by atoms with E-state index in [0.29, 0.717) is 6.04 Å².